The number of likely N-dealkylation sites (tertiary alicyclic amines) is 1. The van der Waals surface area contributed by atoms with Crippen molar-refractivity contribution in [1.29, 1.82) is 0 Å². The Kier molecular flexibility index (Phi) is 7.99. The summed E-state index contributed by atoms with van der Waals surface area (Å²) in [5, 5.41) is 1.77. The van der Waals surface area contributed by atoms with E-state index in [1.165, 1.54) is 0 Å². The van der Waals surface area contributed by atoms with Crippen molar-refractivity contribution in [3.05, 3.63) is 64.8 Å². The molecular weight excluding hydrogens is 446 g/mol. The minimum Gasteiger partial charge on any atom is -0.497 e. The molecule has 176 valence electrons. The molecule has 1 aromatic heterocycles. The Hall–Kier alpha value is -2.44. The molecule has 0 saturated carbocycles. The van der Waals surface area contributed by atoms with Gasteiger partial charge in [-0.15, -0.1) is 0 Å². The second-order valence-electron chi connectivity index (χ2n) is 8.57. The van der Waals surface area contributed by atoms with Crippen LogP contribution in [0.15, 0.2) is 42.6 Å². The summed E-state index contributed by atoms with van der Waals surface area (Å²) in [5.74, 6) is 0.446. The molecule has 33 heavy (non-hydrogen) atoms. The standard InChI is InChI=1S/C26H29ClF2N2O2/c1-32-20-6-8-25-22(16-20)21(23(27)17-30-25)4-2-3-18-9-11-31(12-10-18)13-14-33-26-15-19(28)5-7-24(26)29/h5-8,15-18H,2-4,9-14H2,1H3. The number of pyridine rings is 1. The van der Waals surface area contributed by atoms with Crippen molar-refractivity contribution in [2.45, 2.75) is 32.1 Å². The van der Waals surface area contributed by atoms with Gasteiger partial charge >= 0.3 is 0 Å². The van der Waals surface area contributed by atoms with Crippen LogP contribution in [0.2, 0.25) is 5.02 Å². The number of benzene rings is 2. The van der Waals surface area contributed by atoms with Crippen molar-refractivity contribution in [2.24, 2.45) is 5.92 Å². The largest absolute Gasteiger partial charge is 0.497 e. The van der Waals surface area contributed by atoms with Crippen molar-refractivity contribution in [1.82, 2.24) is 9.88 Å². The molecule has 0 atom stereocenters. The average Bonchev–Trinajstić information content (AvgIpc) is 2.83. The first kappa shape index (κ1) is 23.7. The van der Waals surface area contributed by atoms with Crippen LogP contribution in [-0.2, 0) is 6.42 Å². The van der Waals surface area contributed by atoms with Crippen molar-refractivity contribution < 1.29 is 18.3 Å². The summed E-state index contributed by atoms with van der Waals surface area (Å²) in [6, 6.07) is 9.18. The lowest BCUT2D eigenvalue weighted by molar-refractivity contribution is 0.149. The smallest absolute Gasteiger partial charge is 0.165 e. The van der Waals surface area contributed by atoms with Gasteiger partial charge in [0.05, 0.1) is 17.6 Å². The lowest BCUT2D eigenvalue weighted by Crippen LogP contribution is -2.36. The van der Waals surface area contributed by atoms with Crippen LogP contribution in [0, 0.1) is 17.6 Å². The Balaban J connectivity index is 1.22. The first-order valence-electron chi connectivity index (χ1n) is 11.4. The molecule has 1 aliphatic heterocycles. The van der Waals surface area contributed by atoms with Crippen molar-refractivity contribution in [3.8, 4) is 11.5 Å². The van der Waals surface area contributed by atoms with Crippen LogP contribution in [0.1, 0.15) is 31.2 Å². The van der Waals surface area contributed by atoms with E-state index in [-0.39, 0.29) is 5.75 Å². The van der Waals surface area contributed by atoms with Crippen LogP contribution in [0.4, 0.5) is 8.78 Å². The maximum atomic E-state index is 13.7. The molecule has 4 nitrogen and oxygen atoms in total. The third kappa shape index (κ3) is 6.12. The number of nitrogens with zero attached hydrogens (tertiary/aromatic N) is 2. The first-order chi connectivity index (χ1) is 16.0. The van der Waals surface area contributed by atoms with Crippen LogP contribution < -0.4 is 9.47 Å². The number of fused-ring (bicyclic) bond motifs is 1. The van der Waals surface area contributed by atoms with Crippen LogP contribution in [0.3, 0.4) is 0 Å². The van der Waals surface area contributed by atoms with Crippen LogP contribution in [0.5, 0.6) is 11.5 Å². The normalized spacial score (nSPS) is 15.2. The van der Waals surface area contributed by atoms with Crippen molar-refractivity contribution >= 4 is 22.5 Å². The molecule has 3 aromatic rings. The first-order valence-corrected chi connectivity index (χ1v) is 11.8. The maximum Gasteiger partial charge on any atom is 0.165 e. The molecule has 0 bridgehead atoms. The van der Waals surface area contributed by atoms with Gasteiger partial charge in [-0.25, -0.2) is 8.78 Å². The molecule has 1 aliphatic rings. The van der Waals surface area contributed by atoms with E-state index in [2.05, 4.69) is 9.88 Å². The van der Waals surface area contributed by atoms with Crippen LogP contribution in [0.25, 0.3) is 10.9 Å². The van der Waals surface area contributed by atoms with Crippen molar-refractivity contribution in [2.75, 3.05) is 33.4 Å². The topological polar surface area (TPSA) is 34.6 Å². The Morgan fingerprint density at radius 2 is 1.94 bits per heavy atom. The molecule has 0 N–H and O–H groups in total. The van der Waals surface area contributed by atoms with E-state index < -0.39 is 11.6 Å². The van der Waals surface area contributed by atoms with Gasteiger partial charge in [0.2, 0.25) is 0 Å². The van der Waals surface area contributed by atoms with Gasteiger partial charge in [0.15, 0.2) is 11.6 Å². The number of ether oxygens (including phenoxy) is 2. The zero-order valence-corrected chi connectivity index (χ0v) is 19.6. The minimum atomic E-state index is -0.532. The maximum absolute atomic E-state index is 13.7. The molecule has 0 spiro atoms. The van der Waals surface area contributed by atoms with E-state index in [0.717, 1.165) is 85.6 Å². The number of aryl methyl sites for hydroxylation is 1. The highest BCUT2D eigenvalue weighted by atomic mass is 35.5. The van der Waals surface area contributed by atoms with Crippen LogP contribution in [-0.4, -0.2) is 43.2 Å². The van der Waals surface area contributed by atoms with Gasteiger partial charge in [-0.1, -0.05) is 18.0 Å². The van der Waals surface area contributed by atoms with Gasteiger partial charge < -0.3 is 9.47 Å². The third-order valence-corrected chi connectivity index (χ3v) is 6.76. The van der Waals surface area contributed by atoms with E-state index in [1.807, 2.05) is 18.2 Å². The number of methoxy groups -OCH3 is 1. The molecule has 1 fully saturated rings. The summed E-state index contributed by atoms with van der Waals surface area (Å²) in [7, 11) is 1.66. The molecule has 0 unspecified atom stereocenters. The van der Waals surface area contributed by atoms with E-state index in [1.54, 1.807) is 13.3 Å². The molecule has 0 radical (unpaired) electrons. The summed E-state index contributed by atoms with van der Waals surface area (Å²) in [6.45, 7) is 3.05. The van der Waals surface area contributed by atoms with Gasteiger partial charge in [-0.05, 0) is 80.6 Å². The number of halogens is 3. The second-order valence-corrected chi connectivity index (χ2v) is 8.98. The SMILES string of the molecule is COc1ccc2ncc(Cl)c(CCCC3CCN(CCOc4cc(F)ccc4F)CC3)c2c1. The minimum absolute atomic E-state index is 0.0233. The Bertz CT molecular complexity index is 1090. The predicted molar refractivity (Wildman–Crippen MR) is 127 cm³/mol. The molecule has 7 heteroatoms. The van der Waals surface area contributed by atoms with E-state index in [0.29, 0.717) is 24.1 Å². The molecule has 0 amide bonds. The van der Waals surface area contributed by atoms with Gasteiger partial charge in [-0.3, -0.25) is 9.88 Å². The molecule has 4 rings (SSSR count). The third-order valence-electron chi connectivity index (χ3n) is 6.44. The molecular formula is C26H29ClF2N2O2. The summed E-state index contributed by atoms with van der Waals surface area (Å²) in [4.78, 5) is 6.76. The summed E-state index contributed by atoms with van der Waals surface area (Å²) in [6.07, 6.45) is 7.14. The second kappa shape index (κ2) is 11.1. The van der Waals surface area contributed by atoms with Gasteiger partial charge in [-0.2, -0.15) is 0 Å². The fraction of sp³-hybridized carbons (Fsp3) is 0.423. The molecule has 1 saturated heterocycles. The Morgan fingerprint density at radius 1 is 1.12 bits per heavy atom. The lowest BCUT2D eigenvalue weighted by atomic mass is 9.90. The number of aromatic nitrogens is 1. The number of hydrogen-bond acceptors (Lipinski definition) is 4. The number of hydrogen-bond donors (Lipinski definition) is 0. The van der Waals surface area contributed by atoms with E-state index >= 15 is 0 Å². The fourth-order valence-corrected chi connectivity index (χ4v) is 4.77. The number of rotatable bonds is 9. The van der Waals surface area contributed by atoms with E-state index in [4.69, 9.17) is 21.1 Å². The van der Waals surface area contributed by atoms with E-state index in [9.17, 15) is 8.78 Å². The van der Waals surface area contributed by atoms with Crippen LogP contribution >= 0.6 is 11.6 Å². The number of piperidine rings is 1. The Morgan fingerprint density at radius 3 is 2.73 bits per heavy atom. The highest BCUT2D eigenvalue weighted by molar-refractivity contribution is 6.32. The van der Waals surface area contributed by atoms with Crippen molar-refractivity contribution in [3.63, 3.8) is 0 Å². The predicted octanol–water partition coefficient (Wildman–Crippen LogP) is 6.29. The summed E-state index contributed by atoms with van der Waals surface area (Å²) >= 11 is 6.48. The zero-order chi connectivity index (χ0) is 23.2. The van der Waals surface area contributed by atoms with Gasteiger partial charge in [0.1, 0.15) is 18.2 Å². The lowest BCUT2D eigenvalue weighted by Gasteiger charge is -2.31. The highest BCUT2D eigenvalue weighted by Gasteiger charge is 2.19. The molecule has 2 aromatic carbocycles. The van der Waals surface area contributed by atoms with Gasteiger partial charge in [0.25, 0.3) is 0 Å². The average molecular weight is 475 g/mol. The highest BCUT2D eigenvalue weighted by Crippen LogP contribution is 2.30. The van der Waals surface area contributed by atoms with Gasteiger partial charge in [0, 0.05) is 24.2 Å². The fourth-order valence-electron chi connectivity index (χ4n) is 4.52. The monoisotopic (exact) mass is 474 g/mol. The summed E-state index contributed by atoms with van der Waals surface area (Å²) in [5.41, 5.74) is 2.07. The molecule has 2 heterocycles. The quantitative estimate of drug-likeness (QED) is 0.365. The zero-order valence-electron chi connectivity index (χ0n) is 18.8. The molecule has 0 aliphatic carbocycles. The summed E-state index contributed by atoms with van der Waals surface area (Å²) < 4.78 is 37.7. The Labute approximate surface area is 198 Å².